The second-order valence-electron chi connectivity index (χ2n) is 5.84. The molecule has 1 aromatic carbocycles. The number of nitrogens with zero attached hydrogens (tertiary/aromatic N) is 2. The second kappa shape index (κ2) is 6.12. The van der Waals surface area contributed by atoms with Gasteiger partial charge < -0.3 is 10.1 Å². The standard InChI is InChI=1S/C16H25N3O/c1-13(14-3-5-16(20-2)6-4-14)19-11-15(12-19)18-9-7-17-8-10-18/h3-6,13,15,17H,7-12H2,1-2H3. The van der Waals surface area contributed by atoms with Crippen molar-refractivity contribution in [2.75, 3.05) is 46.4 Å². The molecule has 1 unspecified atom stereocenters. The van der Waals surface area contributed by atoms with E-state index in [4.69, 9.17) is 4.74 Å². The Balaban J connectivity index is 1.52. The zero-order chi connectivity index (χ0) is 13.9. The summed E-state index contributed by atoms with van der Waals surface area (Å²) in [5.74, 6) is 0.934. The van der Waals surface area contributed by atoms with E-state index in [0.29, 0.717) is 6.04 Å². The normalized spacial score (nSPS) is 23.3. The van der Waals surface area contributed by atoms with Gasteiger partial charge in [0.05, 0.1) is 7.11 Å². The Morgan fingerprint density at radius 1 is 1.15 bits per heavy atom. The van der Waals surface area contributed by atoms with Crippen LogP contribution in [0.25, 0.3) is 0 Å². The number of nitrogens with one attached hydrogen (secondary N) is 1. The van der Waals surface area contributed by atoms with E-state index in [1.165, 1.54) is 31.7 Å². The van der Waals surface area contributed by atoms with Gasteiger partial charge in [0.15, 0.2) is 0 Å². The highest BCUT2D eigenvalue weighted by Gasteiger charge is 2.34. The molecule has 2 aliphatic rings. The lowest BCUT2D eigenvalue weighted by molar-refractivity contribution is 0.00347. The van der Waals surface area contributed by atoms with E-state index in [-0.39, 0.29) is 0 Å². The SMILES string of the molecule is COc1ccc(C(C)N2CC(N3CCNCC3)C2)cc1. The van der Waals surface area contributed by atoms with E-state index in [1.807, 2.05) is 0 Å². The molecule has 110 valence electrons. The minimum Gasteiger partial charge on any atom is -0.497 e. The first-order chi connectivity index (χ1) is 9.78. The van der Waals surface area contributed by atoms with Gasteiger partial charge in [-0.1, -0.05) is 12.1 Å². The molecule has 2 aliphatic heterocycles. The predicted octanol–water partition coefficient (Wildman–Crippen LogP) is 1.35. The molecule has 4 heteroatoms. The second-order valence-corrected chi connectivity index (χ2v) is 5.84. The molecule has 2 fully saturated rings. The van der Waals surface area contributed by atoms with Gasteiger partial charge in [-0.3, -0.25) is 9.80 Å². The Morgan fingerprint density at radius 3 is 2.40 bits per heavy atom. The molecule has 1 atom stereocenters. The monoisotopic (exact) mass is 275 g/mol. The van der Waals surface area contributed by atoms with E-state index in [9.17, 15) is 0 Å². The van der Waals surface area contributed by atoms with Crippen molar-refractivity contribution in [3.63, 3.8) is 0 Å². The molecule has 2 heterocycles. The molecule has 20 heavy (non-hydrogen) atoms. The van der Waals surface area contributed by atoms with Crippen molar-refractivity contribution in [2.24, 2.45) is 0 Å². The zero-order valence-electron chi connectivity index (χ0n) is 12.5. The molecule has 0 saturated carbocycles. The van der Waals surface area contributed by atoms with Crippen molar-refractivity contribution in [2.45, 2.75) is 19.0 Å². The highest BCUT2D eigenvalue weighted by molar-refractivity contribution is 5.29. The minimum atomic E-state index is 0.500. The Morgan fingerprint density at radius 2 is 1.80 bits per heavy atom. The Labute approximate surface area is 121 Å². The number of hydrogen-bond acceptors (Lipinski definition) is 4. The molecule has 0 aromatic heterocycles. The first kappa shape index (κ1) is 13.9. The summed E-state index contributed by atoms with van der Waals surface area (Å²) < 4.78 is 5.22. The molecule has 0 radical (unpaired) electrons. The third kappa shape index (κ3) is 2.82. The summed E-state index contributed by atoms with van der Waals surface area (Å²) in [6.07, 6.45) is 0. The summed E-state index contributed by atoms with van der Waals surface area (Å²) in [6.45, 7) is 9.40. The Bertz CT molecular complexity index is 422. The maximum Gasteiger partial charge on any atom is 0.118 e. The Kier molecular flexibility index (Phi) is 4.24. The molecule has 2 saturated heterocycles. The average molecular weight is 275 g/mol. The van der Waals surface area contributed by atoms with Gasteiger partial charge >= 0.3 is 0 Å². The summed E-state index contributed by atoms with van der Waals surface area (Å²) >= 11 is 0. The van der Waals surface area contributed by atoms with Gasteiger partial charge in [0, 0.05) is 51.4 Å². The fraction of sp³-hybridized carbons (Fsp3) is 0.625. The lowest BCUT2D eigenvalue weighted by Crippen LogP contribution is -2.62. The fourth-order valence-electron chi connectivity index (χ4n) is 3.18. The molecule has 0 bridgehead atoms. The molecular weight excluding hydrogens is 250 g/mol. The van der Waals surface area contributed by atoms with Crippen LogP contribution in [0.4, 0.5) is 0 Å². The van der Waals surface area contributed by atoms with Crippen LogP contribution in [-0.2, 0) is 0 Å². The first-order valence-corrected chi connectivity index (χ1v) is 7.60. The van der Waals surface area contributed by atoms with Crippen molar-refractivity contribution < 1.29 is 4.74 Å². The lowest BCUT2D eigenvalue weighted by atomic mass is 9.99. The van der Waals surface area contributed by atoms with Gasteiger partial charge in [0.25, 0.3) is 0 Å². The van der Waals surface area contributed by atoms with Crippen LogP contribution in [0.5, 0.6) is 5.75 Å². The maximum atomic E-state index is 5.22. The van der Waals surface area contributed by atoms with E-state index < -0.39 is 0 Å². The molecule has 1 aromatic rings. The molecular formula is C16H25N3O. The number of methoxy groups -OCH3 is 1. The third-order valence-corrected chi connectivity index (χ3v) is 4.70. The van der Waals surface area contributed by atoms with Crippen molar-refractivity contribution in [3.8, 4) is 5.75 Å². The van der Waals surface area contributed by atoms with Crippen LogP contribution in [0.15, 0.2) is 24.3 Å². The van der Waals surface area contributed by atoms with Gasteiger partial charge in [-0.15, -0.1) is 0 Å². The van der Waals surface area contributed by atoms with Gasteiger partial charge in [0.2, 0.25) is 0 Å². The molecule has 1 N–H and O–H groups in total. The third-order valence-electron chi connectivity index (χ3n) is 4.70. The number of ether oxygens (including phenoxy) is 1. The Hall–Kier alpha value is -1.10. The highest BCUT2D eigenvalue weighted by atomic mass is 16.5. The smallest absolute Gasteiger partial charge is 0.118 e. The van der Waals surface area contributed by atoms with Gasteiger partial charge in [-0.2, -0.15) is 0 Å². The molecule has 0 spiro atoms. The topological polar surface area (TPSA) is 27.7 Å². The van der Waals surface area contributed by atoms with Crippen LogP contribution in [0, 0.1) is 0 Å². The fourth-order valence-corrected chi connectivity index (χ4v) is 3.18. The summed E-state index contributed by atoms with van der Waals surface area (Å²) in [4.78, 5) is 5.20. The summed E-state index contributed by atoms with van der Waals surface area (Å²) in [5, 5.41) is 3.42. The summed E-state index contributed by atoms with van der Waals surface area (Å²) in [6, 6.07) is 9.74. The quantitative estimate of drug-likeness (QED) is 0.897. The van der Waals surface area contributed by atoms with Crippen molar-refractivity contribution in [1.82, 2.24) is 15.1 Å². The number of rotatable bonds is 4. The highest BCUT2D eigenvalue weighted by Crippen LogP contribution is 2.28. The summed E-state index contributed by atoms with van der Waals surface area (Å²) in [5.41, 5.74) is 1.38. The van der Waals surface area contributed by atoms with Crippen LogP contribution in [0.2, 0.25) is 0 Å². The first-order valence-electron chi connectivity index (χ1n) is 7.60. The van der Waals surface area contributed by atoms with E-state index in [1.54, 1.807) is 7.11 Å². The lowest BCUT2D eigenvalue weighted by Gasteiger charge is -2.49. The molecule has 4 nitrogen and oxygen atoms in total. The van der Waals surface area contributed by atoms with Crippen LogP contribution in [-0.4, -0.2) is 62.2 Å². The van der Waals surface area contributed by atoms with Gasteiger partial charge in [-0.25, -0.2) is 0 Å². The van der Waals surface area contributed by atoms with Crippen molar-refractivity contribution in [3.05, 3.63) is 29.8 Å². The van der Waals surface area contributed by atoms with Crippen LogP contribution < -0.4 is 10.1 Å². The molecule has 0 aliphatic carbocycles. The van der Waals surface area contributed by atoms with E-state index in [2.05, 4.69) is 46.3 Å². The summed E-state index contributed by atoms with van der Waals surface area (Å²) in [7, 11) is 1.71. The van der Waals surface area contributed by atoms with Gasteiger partial charge in [0.1, 0.15) is 5.75 Å². The van der Waals surface area contributed by atoms with Gasteiger partial charge in [-0.05, 0) is 24.6 Å². The molecule has 3 rings (SSSR count). The number of likely N-dealkylation sites (tertiary alicyclic amines) is 1. The van der Waals surface area contributed by atoms with E-state index in [0.717, 1.165) is 24.9 Å². The predicted molar refractivity (Wildman–Crippen MR) is 81.2 cm³/mol. The number of benzene rings is 1. The van der Waals surface area contributed by atoms with Crippen LogP contribution in [0.1, 0.15) is 18.5 Å². The largest absolute Gasteiger partial charge is 0.497 e. The molecule has 0 amide bonds. The zero-order valence-corrected chi connectivity index (χ0v) is 12.5. The van der Waals surface area contributed by atoms with Crippen molar-refractivity contribution >= 4 is 0 Å². The van der Waals surface area contributed by atoms with Crippen LogP contribution in [0.3, 0.4) is 0 Å². The number of piperazine rings is 1. The number of hydrogen-bond donors (Lipinski definition) is 1. The minimum absolute atomic E-state index is 0.500. The average Bonchev–Trinajstić information content (AvgIpc) is 2.47. The van der Waals surface area contributed by atoms with E-state index >= 15 is 0 Å². The van der Waals surface area contributed by atoms with Crippen LogP contribution >= 0.6 is 0 Å². The van der Waals surface area contributed by atoms with Crippen molar-refractivity contribution in [1.29, 1.82) is 0 Å². The maximum absolute atomic E-state index is 5.22.